The molecule has 0 saturated heterocycles. The third-order valence-electron chi connectivity index (χ3n) is 3.11. The van der Waals surface area contributed by atoms with Gasteiger partial charge in [-0.3, -0.25) is 0 Å². The van der Waals surface area contributed by atoms with Gasteiger partial charge in [-0.05, 0) is 31.5 Å². The van der Waals surface area contributed by atoms with E-state index >= 15 is 0 Å². The molecule has 0 atom stereocenters. The topological polar surface area (TPSA) is 54.5 Å². The highest BCUT2D eigenvalue weighted by molar-refractivity contribution is 7.17. The molecule has 0 fully saturated rings. The molecular formula is C15H19N3O2S. The van der Waals surface area contributed by atoms with Crippen molar-refractivity contribution in [3.63, 3.8) is 0 Å². The predicted molar refractivity (Wildman–Crippen MR) is 87.0 cm³/mol. The van der Waals surface area contributed by atoms with Crippen LogP contribution in [0.15, 0.2) is 18.2 Å². The van der Waals surface area contributed by atoms with Crippen LogP contribution >= 0.6 is 11.3 Å². The molecule has 112 valence electrons. The monoisotopic (exact) mass is 305 g/mol. The van der Waals surface area contributed by atoms with E-state index in [9.17, 15) is 4.79 Å². The Labute approximate surface area is 128 Å². The number of aryl methyl sites for hydroxylation is 2. The third kappa shape index (κ3) is 3.33. The molecule has 0 saturated carbocycles. The van der Waals surface area contributed by atoms with Crippen molar-refractivity contribution >= 4 is 33.8 Å². The van der Waals surface area contributed by atoms with E-state index in [1.54, 1.807) is 6.92 Å². The number of carbonyl (C=O) groups is 1. The van der Waals surface area contributed by atoms with Gasteiger partial charge in [0.25, 0.3) is 0 Å². The maximum absolute atomic E-state index is 11.6. The summed E-state index contributed by atoms with van der Waals surface area (Å²) in [5.74, 6) is -0.351. The molecule has 0 aliphatic carbocycles. The van der Waals surface area contributed by atoms with Crippen LogP contribution in [0.1, 0.15) is 20.9 Å². The number of hydrogen-bond acceptors (Lipinski definition) is 6. The van der Waals surface area contributed by atoms with Crippen molar-refractivity contribution in [2.45, 2.75) is 13.8 Å². The fourth-order valence-electron chi connectivity index (χ4n) is 2.02. The summed E-state index contributed by atoms with van der Waals surface area (Å²) in [6.07, 6.45) is 0. The SMILES string of the molecule is COC(=O)c1sc(Nc2ccc(C)c(N(C)C)c2)nc1C. The van der Waals surface area contributed by atoms with Crippen LogP contribution < -0.4 is 10.2 Å². The minimum absolute atomic E-state index is 0.351. The Bertz CT molecular complexity index is 665. The van der Waals surface area contributed by atoms with Gasteiger partial charge < -0.3 is 15.0 Å². The first-order chi connectivity index (χ1) is 9.92. The molecule has 0 unspecified atom stereocenters. The molecule has 2 rings (SSSR count). The number of esters is 1. The van der Waals surface area contributed by atoms with Crippen molar-refractivity contribution in [2.24, 2.45) is 0 Å². The van der Waals surface area contributed by atoms with Gasteiger partial charge >= 0.3 is 5.97 Å². The second-order valence-electron chi connectivity index (χ2n) is 4.95. The largest absolute Gasteiger partial charge is 0.465 e. The first-order valence-corrected chi connectivity index (χ1v) is 7.34. The molecule has 1 aromatic heterocycles. The first kappa shape index (κ1) is 15.3. The highest BCUT2D eigenvalue weighted by Gasteiger charge is 2.15. The number of carbonyl (C=O) groups excluding carboxylic acids is 1. The molecule has 0 spiro atoms. The van der Waals surface area contributed by atoms with Crippen molar-refractivity contribution in [3.8, 4) is 0 Å². The molecule has 2 aromatic rings. The average molecular weight is 305 g/mol. The van der Waals surface area contributed by atoms with Crippen molar-refractivity contribution in [3.05, 3.63) is 34.3 Å². The Hall–Kier alpha value is -2.08. The fraction of sp³-hybridized carbons (Fsp3) is 0.333. The van der Waals surface area contributed by atoms with Crippen LogP contribution in [0.2, 0.25) is 0 Å². The van der Waals surface area contributed by atoms with Gasteiger partial charge in [0.15, 0.2) is 5.13 Å². The van der Waals surface area contributed by atoms with Gasteiger partial charge in [0, 0.05) is 25.5 Å². The van der Waals surface area contributed by atoms with E-state index in [0.717, 1.165) is 11.4 Å². The normalized spacial score (nSPS) is 10.3. The zero-order valence-electron chi connectivity index (χ0n) is 12.9. The molecule has 0 aliphatic rings. The average Bonchev–Trinajstić information content (AvgIpc) is 2.80. The standard InChI is InChI=1S/C15H19N3O2S/c1-9-6-7-11(8-12(9)18(3)4)17-15-16-10(2)13(21-15)14(19)20-5/h6-8H,1-5H3,(H,16,17). The summed E-state index contributed by atoms with van der Waals surface area (Å²) in [5.41, 5.74) is 3.96. The molecule has 21 heavy (non-hydrogen) atoms. The lowest BCUT2D eigenvalue weighted by molar-refractivity contribution is 0.0605. The van der Waals surface area contributed by atoms with Crippen molar-refractivity contribution in [1.29, 1.82) is 0 Å². The van der Waals surface area contributed by atoms with Crippen LogP contribution in [-0.4, -0.2) is 32.2 Å². The lowest BCUT2D eigenvalue weighted by Gasteiger charge is -2.17. The lowest BCUT2D eigenvalue weighted by atomic mass is 10.1. The molecule has 6 heteroatoms. The van der Waals surface area contributed by atoms with E-state index in [2.05, 4.69) is 34.3 Å². The first-order valence-electron chi connectivity index (χ1n) is 6.53. The second kappa shape index (κ2) is 6.13. The third-order valence-corrected chi connectivity index (χ3v) is 4.16. The zero-order chi connectivity index (χ0) is 15.6. The Kier molecular flexibility index (Phi) is 4.47. The molecule has 0 bridgehead atoms. The van der Waals surface area contributed by atoms with E-state index in [1.165, 1.54) is 24.0 Å². The Morgan fingerprint density at radius 2 is 2.05 bits per heavy atom. The highest BCUT2D eigenvalue weighted by Crippen LogP contribution is 2.29. The van der Waals surface area contributed by atoms with E-state index in [-0.39, 0.29) is 5.97 Å². The number of hydrogen-bond donors (Lipinski definition) is 1. The smallest absolute Gasteiger partial charge is 0.350 e. The van der Waals surface area contributed by atoms with Crippen LogP contribution in [0.25, 0.3) is 0 Å². The number of ether oxygens (including phenoxy) is 1. The van der Waals surface area contributed by atoms with Crippen LogP contribution in [0, 0.1) is 13.8 Å². The van der Waals surface area contributed by atoms with Gasteiger partial charge in [-0.25, -0.2) is 9.78 Å². The van der Waals surface area contributed by atoms with Gasteiger partial charge in [0.1, 0.15) is 4.88 Å². The van der Waals surface area contributed by atoms with E-state index in [4.69, 9.17) is 4.74 Å². The molecule has 0 radical (unpaired) electrons. The van der Waals surface area contributed by atoms with Crippen molar-refractivity contribution in [1.82, 2.24) is 4.98 Å². The summed E-state index contributed by atoms with van der Waals surface area (Å²) in [7, 11) is 5.39. The van der Waals surface area contributed by atoms with Crippen molar-refractivity contribution in [2.75, 3.05) is 31.4 Å². The summed E-state index contributed by atoms with van der Waals surface area (Å²) in [4.78, 5) is 18.6. The quantitative estimate of drug-likeness (QED) is 0.878. The highest BCUT2D eigenvalue weighted by atomic mass is 32.1. The molecule has 5 nitrogen and oxygen atoms in total. The van der Waals surface area contributed by atoms with Crippen LogP contribution in [-0.2, 0) is 4.74 Å². The summed E-state index contributed by atoms with van der Waals surface area (Å²) in [6, 6.07) is 6.11. The maximum atomic E-state index is 11.6. The maximum Gasteiger partial charge on any atom is 0.350 e. The van der Waals surface area contributed by atoms with E-state index < -0.39 is 0 Å². The molecule has 1 N–H and O–H groups in total. The Morgan fingerprint density at radius 3 is 2.67 bits per heavy atom. The second-order valence-corrected chi connectivity index (χ2v) is 5.94. The number of methoxy groups -OCH3 is 1. The summed E-state index contributed by atoms with van der Waals surface area (Å²) in [6.45, 7) is 3.87. The minimum atomic E-state index is -0.351. The molecule has 1 heterocycles. The Balaban J connectivity index is 2.26. The van der Waals surface area contributed by atoms with E-state index in [0.29, 0.717) is 15.7 Å². The van der Waals surface area contributed by atoms with Gasteiger partial charge in [0.05, 0.1) is 12.8 Å². The summed E-state index contributed by atoms with van der Waals surface area (Å²) >= 11 is 1.30. The van der Waals surface area contributed by atoms with E-state index in [1.807, 2.05) is 20.2 Å². The van der Waals surface area contributed by atoms with Crippen LogP contribution in [0.3, 0.4) is 0 Å². The molecular weight excluding hydrogens is 286 g/mol. The summed E-state index contributed by atoms with van der Waals surface area (Å²) in [5, 5.41) is 3.92. The number of nitrogens with zero attached hydrogens (tertiary/aromatic N) is 2. The van der Waals surface area contributed by atoms with Crippen LogP contribution in [0.5, 0.6) is 0 Å². The number of benzene rings is 1. The van der Waals surface area contributed by atoms with Crippen LogP contribution in [0.4, 0.5) is 16.5 Å². The van der Waals surface area contributed by atoms with Gasteiger partial charge in [-0.15, -0.1) is 0 Å². The number of thiazole rings is 1. The number of anilines is 3. The predicted octanol–water partition coefficient (Wildman–Crippen LogP) is 3.36. The number of rotatable bonds is 4. The number of aromatic nitrogens is 1. The molecule has 0 amide bonds. The lowest BCUT2D eigenvalue weighted by Crippen LogP contribution is -2.10. The fourth-order valence-corrected chi connectivity index (χ4v) is 2.93. The van der Waals surface area contributed by atoms with Gasteiger partial charge in [-0.1, -0.05) is 17.4 Å². The van der Waals surface area contributed by atoms with Gasteiger partial charge in [-0.2, -0.15) is 0 Å². The minimum Gasteiger partial charge on any atom is -0.465 e. The number of nitrogens with one attached hydrogen (secondary N) is 1. The Morgan fingerprint density at radius 1 is 1.33 bits per heavy atom. The van der Waals surface area contributed by atoms with Crippen molar-refractivity contribution < 1.29 is 9.53 Å². The van der Waals surface area contributed by atoms with Gasteiger partial charge in [0.2, 0.25) is 0 Å². The summed E-state index contributed by atoms with van der Waals surface area (Å²) < 4.78 is 4.74. The molecule has 1 aromatic carbocycles. The molecule has 0 aliphatic heterocycles. The zero-order valence-corrected chi connectivity index (χ0v) is 13.7.